The number of carbonyl (C=O) groups excluding carboxylic acids is 1. The number of hydrogen-bond donors (Lipinski definition) is 1. The molecule has 0 bridgehead atoms. The Hall–Kier alpha value is -2.10. The fourth-order valence-corrected chi connectivity index (χ4v) is 1.61. The van der Waals surface area contributed by atoms with E-state index in [0.717, 1.165) is 5.56 Å². The van der Waals surface area contributed by atoms with Gasteiger partial charge in [-0.05, 0) is 20.8 Å². The molecule has 1 aromatic heterocycles. The maximum atomic E-state index is 12.1. The molecule has 1 heterocycles. The monoisotopic (exact) mass is 244 g/mol. The van der Waals surface area contributed by atoms with Gasteiger partial charge in [-0.25, -0.2) is 0 Å². The van der Waals surface area contributed by atoms with E-state index in [1.165, 1.54) is 6.26 Å². The second-order valence-corrected chi connectivity index (χ2v) is 5.15. The quantitative estimate of drug-likeness (QED) is 0.883. The minimum atomic E-state index is -0.289. The van der Waals surface area contributed by atoms with Crippen molar-refractivity contribution in [3.05, 3.63) is 42.2 Å². The lowest BCUT2D eigenvalue weighted by Gasteiger charge is -2.20. The highest BCUT2D eigenvalue weighted by molar-refractivity contribution is 5.99. The van der Waals surface area contributed by atoms with Crippen molar-refractivity contribution in [1.82, 2.24) is 10.5 Å². The van der Waals surface area contributed by atoms with Crippen molar-refractivity contribution in [2.24, 2.45) is 0 Å². The van der Waals surface area contributed by atoms with E-state index in [9.17, 15) is 4.79 Å². The molecule has 1 aromatic carbocycles. The number of nitrogens with zero attached hydrogens (tertiary/aromatic N) is 1. The normalized spacial score (nSPS) is 11.3. The number of benzene rings is 1. The van der Waals surface area contributed by atoms with E-state index in [0.29, 0.717) is 11.3 Å². The molecule has 0 atom stereocenters. The lowest BCUT2D eigenvalue weighted by atomic mass is 10.1. The molecule has 0 spiro atoms. The van der Waals surface area contributed by atoms with E-state index in [2.05, 4.69) is 10.5 Å². The van der Waals surface area contributed by atoms with Crippen LogP contribution in [0.25, 0.3) is 11.3 Å². The molecule has 0 aliphatic rings. The van der Waals surface area contributed by atoms with Gasteiger partial charge in [0, 0.05) is 11.1 Å². The zero-order valence-electron chi connectivity index (χ0n) is 10.7. The van der Waals surface area contributed by atoms with E-state index in [1.807, 2.05) is 51.1 Å². The minimum Gasteiger partial charge on any atom is -0.363 e. The Bertz CT molecular complexity index is 538. The van der Waals surface area contributed by atoms with E-state index in [1.54, 1.807) is 0 Å². The van der Waals surface area contributed by atoms with Crippen molar-refractivity contribution in [1.29, 1.82) is 0 Å². The summed E-state index contributed by atoms with van der Waals surface area (Å²) in [6.45, 7) is 5.79. The van der Waals surface area contributed by atoms with Gasteiger partial charge in [-0.3, -0.25) is 4.79 Å². The van der Waals surface area contributed by atoms with Crippen molar-refractivity contribution in [2.75, 3.05) is 0 Å². The standard InChI is InChI=1S/C14H16N2O2/c1-14(2,3)15-13(17)11-9-18-16-12(11)10-7-5-4-6-8-10/h4-9H,1-3H3,(H,15,17). The summed E-state index contributed by atoms with van der Waals surface area (Å²) in [6, 6.07) is 9.50. The van der Waals surface area contributed by atoms with Gasteiger partial charge in [0.05, 0.1) is 0 Å². The highest BCUT2D eigenvalue weighted by Gasteiger charge is 2.21. The molecule has 2 aromatic rings. The fraction of sp³-hybridized carbons (Fsp3) is 0.286. The zero-order chi connectivity index (χ0) is 13.2. The number of amides is 1. The van der Waals surface area contributed by atoms with Crippen molar-refractivity contribution < 1.29 is 9.32 Å². The number of aromatic nitrogens is 1. The second kappa shape index (κ2) is 4.64. The molecule has 0 aliphatic carbocycles. The van der Waals surface area contributed by atoms with Crippen molar-refractivity contribution in [3.63, 3.8) is 0 Å². The van der Waals surface area contributed by atoms with Gasteiger partial charge in [-0.1, -0.05) is 35.5 Å². The van der Waals surface area contributed by atoms with Crippen LogP contribution in [0.3, 0.4) is 0 Å². The lowest BCUT2D eigenvalue weighted by molar-refractivity contribution is 0.0919. The summed E-state index contributed by atoms with van der Waals surface area (Å²) in [4.78, 5) is 12.1. The number of rotatable bonds is 2. The summed E-state index contributed by atoms with van der Waals surface area (Å²) in [6.07, 6.45) is 1.38. The first kappa shape index (κ1) is 12.4. The SMILES string of the molecule is CC(C)(C)NC(=O)c1conc1-c1ccccc1. The molecule has 1 amide bonds. The zero-order valence-corrected chi connectivity index (χ0v) is 10.7. The minimum absolute atomic E-state index is 0.178. The summed E-state index contributed by atoms with van der Waals surface area (Å²) >= 11 is 0. The highest BCUT2D eigenvalue weighted by Crippen LogP contribution is 2.22. The molecular formula is C14H16N2O2. The summed E-state index contributed by atoms with van der Waals surface area (Å²) in [5, 5.41) is 6.79. The predicted molar refractivity (Wildman–Crippen MR) is 69.2 cm³/mol. The molecule has 0 radical (unpaired) electrons. The fourth-order valence-electron chi connectivity index (χ4n) is 1.61. The van der Waals surface area contributed by atoms with E-state index in [4.69, 9.17) is 4.52 Å². The van der Waals surface area contributed by atoms with Crippen LogP contribution in [0, 0.1) is 0 Å². The average molecular weight is 244 g/mol. The lowest BCUT2D eigenvalue weighted by Crippen LogP contribution is -2.40. The predicted octanol–water partition coefficient (Wildman–Crippen LogP) is 2.87. The van der Waals surface area contributed by atoms with E-state index >= 15 is 0 Å². The van der Waals surface area contributed by atoms with Crippen LogP contribution in [0.5, 0.6) is 0 Å². The molecule has 18 heavy (non-hydrogen) atoms. The Morgan fingerprint density at radius 3 is 2.50 bits per heavy atom. The first-order chi connectivity index (χ1) is 8.47. The molecule has 0 unspecified atom stereocenters. The Kier molecular flexibility index (Phi) is 3.19. The first-order valence-corrected chi connectivity index (χ1v) is 5.80. The summed E-state index contributed by atoms with van der Waals surface area (Å²) in [5.74, 6) is -0.178. The second-order valence-electron chi connectivity index (χ2n) is 5.15. The smallest absolute Gasteiger partial charge is 0.257 e. The topological polar surface area (TPSA) is 55.1 Å². The Morgan fingerprint density at radius 2 is 1.89 bits per heavy atom. The Labute approximate surface area is 106 Å². The third-order valence-electron chi connectivity index (χ3n) is 2.35. The van der Waals surface area contributed by atoms with E-state index in [-0.39, 0.29) is 11.4 Å². The van der Waals surface area contributed by atoms with Crippen molar-refractivity contribution in [2.45, 2.75) is 26.3 Å². The first-order valence-electron chi connectivity index (χ1n) is 5.80. The molecule has 0 saturated heterocycles. The third kappa shape index (κ3) is 2.77. The van der Waals surface area contributed by atoms with Gasteiger partial charge in [-0.2, -0.15) is 0 Å². The Balaban J connectivity index is 2.32. The van der Waals surface area contributed by atoms with Gasteiger partial charge in [0.1, 0.15) is 17.5 Å². The molecule has 0 aliphatic heterocycles. The summed E-state index contributed by atoms with van der Waals surface area (Å²) in [5.41, 5.74) is 1.60. The molecule has 2 rings (SSSR count). The molecule has 0 fully saturated rings. The van der Waals surface area contributed by atoms with Crippen LogP contribution >= 0.6 is 0 Å². The molecule has 4 heteroatoms. The van der Waals surface area contributed by atoms with Crippen molar-refractivity contribution >= 4 is 5.91 Å². The molecular weight excluding hydrogens is 228 g/mol. The Morgan fingerprint density at radius 1 is 1.22 bits per heavy atom. The van der Waals surface area contributed by atoms with E-state index < -0.39 is 0 Å². The largest absolute Gasteiger partial charge is 0.363 e. The van der Waals surface area contributed by atoms with Gasteiger partial charge in [0.2, 0.25) is 0 Å². The molecule has 94 valence electrons. The molecule has 1 N–H and O–H groups in total. The van der Waals surface area contributed by atoms with Crippen LogP contribution in [0.4, 0.5) is 0 Å². The number of nitrogens with one attached hydrogen (secondary N) is 1. The van der Waals surface area contributed by atoms with Crippen molar-refractivity contribution in [3.8, 4) is 11.3 Å². The summed E-state index contributed by atoms with van der Waals surface area (Å²) < 4.78 is 4.92. The molecule has 4 nitrogen and oxygen atoms in total. The number of carbonyl (C=O) groups is 1. The maximum absolute atomic E-state index is 12.1. The van der Waals surface area contributed by atoms with Crippen LogP contribution in [0.15, 0.2) is 41.1 Å². The van der Waals surface area contributed by atoms with Crippen LogP contribution < -0.4 is 5.32 Å². The van der Waals surface area contributed by atoms with Gasteiger partial charge in [0.25, 0.3) is 5.91 Å². The summed E-state index contributed by atoms with van der Waals surface area (Å²) in [7, 11) is 0. The molecule has 0 saturated carbocycles. The van der Waals surface area contributed by atoms with Gasteiger partial charge < -0.3 is 9.84 Å². The van der Waals surface area contributed by atoms with Gasteiger partial charge in [0.15, 0.2) is 0 Å². The third-order valence-corrected chi connectivity index (χ3v) is 2.35. The van der Waals surface area contributed by atoms with Crippen LogP contribution in [0.2, 0.25) is 0 Å². The number of hydrogen-bond acceptors (Lipinski definition) is 3. The highest BCUT2D eigenvalue weighted by atomic mass is 16.5. The average Bonchev–Trinajstić information content (AvgIpc) is 2.76. The van der Waals surface area contributed by atoms with Crippen LogP contribution in [-0.4, -0.2) is 16.6 Å². The van der Waals surface area contributed by atoms with Gasteiger partial charge >= 0.3 is 0 Å². The van der Waals surface area contributed by atoms with Gasteiger partial charge in [-0.15, -0.1) is 0 Å². The van der Waals surface area contributed by atoms with Crippen LogP contribution in [0.1, 0.15) is 31.1 Å². The van der Waals surface area contributed by atoms with Crippen LogP contribution in [-0.2, 0) is 0 Å². The maximum Gasteiger partial charge on any atom is 0.257 e.